The number of phenolic OH excluding ortho intramolecular Hbond substituents is 2. The van der Waals surface area contributed by atoms with Gasteiger partial charge in [-0.2, -0.15) is 0 Å². The highest BCUT2D eigenvalue weighted by atomic mass is 19.1. The largest absolute Gasteiger partial charge is 0.505 e. The number of aryl methyl sites for hydroxylation is 1. The topological polar surface area (TPSA) is 68.8 Å². The first kappa shape index (κ1) is 50.1. The van der Waals surface area contributed by atoms with Crippen molar-refractivity contribution in [3.8, 4) is 101 Å². The third kappa shape index (κ3) is 9.43. The monoisotopic (exact) mass is 1040 g/mol. The molecule has 0 saturated carbocycles. The molecule has 2 N–H and O–H groups in total. The fourth-order valence-corrected chi connectivity index (χ4v) is 11.2. The summed E-state index contributed by atoms with van der Waals surface area (Å²) < 4.78 is 64.6. The zero-order chi connectivity index (χ0) is 54.3. The van der Waals surface area contributed by atoms with Gasteiger partial charge in [-0.3, -0.25) is 0 Å². The summed E-state index contributed by atoms with van der Waals surface area (Å²) in [5, 5.41) is 27.0. The number of nitrogens with zero attached hydrogens (tertiary/aromatic N) is 2. The maximum absolute atomic E-state index is 16.4. The van der Waals surface area contributed by atoms with E-state index in [4.69, 9.17) is 9.47 Å². The van der Waals surface area contributed by atoms with E-state index < -0.39 is 29.7 Å². The van der Waals surface area contributed by atoms with Crippen molar-refractivity contribution >= 4 is 21.8 Å². The fourth-order valence-electron chi connectivity index (χ4n) is 11.2. The first-order valence-electron chi connectivity index (χ1n) is 26.3. The Kier molecular flexibility index (Phi) is 13.3. The molecule has 10 aromatic carbocycles. The van der Waals surface area contributed by atoms with E-state index in [0.717, 1.165) is 72.1 Å². The molecular weight excluding hydrogens is 990 g/mol. The minimum atomic E-state index is -0.650. The zero-order valence-electron chi connectivity index (χ0n) is 43.5. The molecule has 12 aromatic rings. The Labute approximate surface area is 456 Å². The van der Waals surface area contributed by atoms with Gasteiger partial charge in [-0.1, -0.05) is 158 Å². The van der Waals surface area contributed by atoms with Crippen molar-refractivity contribution in [2.45, 2.75) is 39.4 Å². The Morgan fingerprint density at radius 2 is 0.759 bits per heavy atom. The van der Waals surface area contributed by atoms with Crippen LogP contribution in [-0.4, -0.2) is 31.6 Å². The molecule has 0 amide bonds. The Morgan fingerprint density at radius 3 is 1.20 bits per heavy atom. The molecule has 0 spiro atoms. The summed E-state index contributed by atoms with van der Waals surface area (Å²) >= 11 is 0. The number of rotatable bonds is 14. The van der Waals surface area contributed by atoms with Gasteiger partial charge in [0.25, 0.3) is 0 Å². The van der Waals surface area contributed by atoms with Gasteiger partial charge in [0.15, 0.2) is 0 Å². The molecular formula is C70H53F3N2O4. The van der Waals surface area contributed by atoms with E-state index in [2.05, 4.69) is 34.9 Å². The lowest BCUT2D eigenvalue weighted by Crippen LogP contribution is -2.23. The van der Waals surface area contributed by atoms with Crippen molar-refractivity contribution in [1.29, 1.82) is 0 Å². The molecule has 2 heterocycles. The lowest BCUT2D eigenvalue weighted by atomic mass is 9.97. The predicted molar refractivity (Wildman–Crippen MR) is 312 cm³/mol. The molecule has 0 radical (unpaired) electrons. The van der Waals surface area contributed by atoms with E-state index in [1.807, 2.05) is 177 Å². The number of aromatic hydroxyl groups is 2. The number of hydrogen-bond donors (Lipinski definition) is 2. The lowest BCUT2D eigenvalue weighted by molar-refractivity contribution is 0.131. The van der Waals surface area contributed by atoms with Crippen molar-refractivity contribution in [2.24, 2.45) is 0 Å². The van der Waals surface area contributed by atoms with Crippen LogP contribution in [0.3, 0.4) is 0 Å². The van der Waals surface area contributed by atoms with Gasteiger partial charge in [-0.25, -0.2) is 13.2 Å². The average molecular weight is 1040 g/mol. The average Bonchev–Trinajstić information content (AvgIpc) is 4.20. The van der Waals surface area contributed by atoms with E-state index in [1.165, 1.54) is 42.5 Å². The minimum Gasteiger partial charge on any atom is -0.505 e. The van der Waals surface area contributed by atoms with Crippen LogP contribution in [0.1, 0.15) is 25.8 Å². The van der Waals surface area contributed by atoms with Gasteiger partial charge in [0.1, 0.15) is 40.4 Å². The molecule has 9 heteroatoms. The highest BCUT2D eigenvalue weighted by Gasteiger charge is 2.28. The van der Waals surface area contributed by atoms with Crippen LogP contribution in [0.4, 0.5) is 13.2 Å². The third-order valence-corrected chi connectivity index (χ3v) is 14.5. The van der Waals surface area contributed by atoms with Crippen LogP contribution in [0.2, 0.25) is 0 Å². The van der Waals surface area contributed by atoms with Crippen LogP contribution in [0.15, 0.2) is 231 Å². The Bertz CT molecular complexity index is 3940. The molecule has 0 unspecified atom stereocenters. The first-order chi connectivity index (χ1) is 38.5. The zero-order valence-corrected chi connectivity index (χ0v) is 43.5. The van der Waals surface area contributed by atoms with Gasteiger partial charge in [0.2, 0.25) is 0 Å². The Balaban J connectivity index is 0.882. The molecule has 0 aliphatic carbocycles. The molecule has 79 heavy (non-hydrogen) atoms. The second kappa shape index (κ2) is 21.0. The molecule has 12 rings (SSSR count). The van der Waals surface area contributed by atoms with Crippen LogP contribution in [0.5, 0.6) is 23.0 Å². The number of benzene rings is 10. The van der Waals surface area contributed by atoms with Gasteiger partial charge < -0.3 is 28.8 Å². The second-order valence-electron chi connectivity index (χ2n) is 20.0. The minimum absolute atomic E-state index is 0.0347. The number of fused-ring (bicyclic) bond motifs is 2. The highest BCUT2D eigenvalue weighted by molar-refractivity contribution is 6.07. The summed E-state index contributed by atoms with van der Waals surface area (Å²) in [6.07, 6.45) is -0.844. The molecule has 0 fully saturated rings. The summed E-state index contributed by atoms with van der Waals surface area (Å²) in [5.74, 6) is -1.56. The van der Waals surface area contributed by atoms with E-state index in [-0.39, 0.29) is 40.5 Å². The third-order valence-electron chi connectivity index (χ3n) is 14.5. The maximum Gasteiger partial charge on any atom is 0.147 e. The number of phenols is 2. The van der Waals surface area contributed by atoms with Crippen molar-refractivity contribution in [3.05, 3.63) is 254 Å². The standard InChI is InChI=1S/C70H53F3N2O4/c1-43-36-57(69(76)61(37-43)74-59-30-18-16-28-53(59)65(46-20-8-4-9-21-46)67(74)48-24-12-6-13-25-48)55-39-50(71)32-34-63(55)78-44(2)38-45(3)79-64-35-33-51(72)40-56(64)58-41-52(73)42-62(70(58)77)75-60-31-19-17-29-54(60)66(47-22-10-5-11-23-47)68(75)49-26-14-7-15-27-49/h4-37,39-42,44-45,76-77H,38H2,1-3H3/t44-,45+/m0/s1. The SMILES string of the molecule is Cc1cc(-c2cc(F)ccc2O[C@@H](C)C[C@@H](C)Oc2ccc(F)cc2-c2cc(F)cc(-n3c(-c4ccccc4)c(-c4ccccc4)c4ccccc43)c2O)c(O)c(-n2c(-c3ccccc3)c(-c3ccccc3)c3ccccc32)c1. The van der Waals surface area contributed by atoms with Crippen LogP contribution in [0.25, 0.3) is 100 Å². The lowest BCUT2D eigenvalue weighted by Gasteiger charge is -2.24. The summed E-state index contributed by atoms with van der Waals surface area (Å²) in [5.41, 5.74) is 11.3. The molecule has 0 saturated heterocycles. The number of para-hydroxylation sites is 2. The van der Waals surface area contributed by atoms with E-state index in [1.54, 1.807) is 6.07 Å². The maximum atomic E-state index is 16.4. The van der Waals surface area contributed by atoms with Crippen LogP contribution < -0.4 is 9.47 Å². The van der Waals surface area contributed by atoms with E-state index >= 15 is 13.2 Å². The number of halogens is 3. The molecule has 2 atom stereocenters. The van der Waals surface area contributed by atoms with Crippen molar-refractivity contribution < 1.29 is 32.9 Å². The second-order valence-corrected chi connectivity index (χ2v) is 20.0. The molecule has 388 valence electrons. The van der Waals surface area contributed by atoms with Crippen LogP contribution in [-0.2, 0) is 0 Å². The summed E-state index contributed by atoms with van der Waals surface area (Å²) in [6, 6.07) is 70.4. The predicted octanol–water partition coefficient (Wildman–Crippen LogP) is 18.3. The summed E-state index contributed by atoms with van der Waals surface area (Å²) in [6.45, 7) is 5.65. The number of ether oxygens (including phenoxy) is 2. The highest BCUT2D eigenvalue weighted by Crippen LogP contribution is 2.50. The first-order valence-corrected chi connectivity index (χ1v) is 26.3. The van der Waals surface area contributed by atoms with Crippen LogP contribution >= 0.6 is 0 Å². The Hall–Kier alpha value is -9.73. The van der Waals surface area contributed by atoms with Crippen molar-refractivity contribution in [1.82, 2.24) is 9.13 Å². The quantitative estimate of drug-likeness (QED) is 0.114. The van der Waals surface area contributed by atoms with Crippen LogP contribution in [0, 0.1) is 24.4 Å². The van der Waals surface area contributed by atoms with Crippen molar-refractivity contribution in [3.63, 3.8) is 0 Å². The van der Waals surface area contributed by atoms with E-state index in [9.17, 15) is 10.2 Å². The summed E-state index contributed by atoms with van der Waals surface area (Å²) in [4.78, 5) is 0. The summed E-state index contributed by atoms with van der Waals surface area (Å²) in [7, 11) is 0. The Morgan fingerprint density at radius 1 is 0.392 bits per heavy atom. The van der Waals surface area contributed by atoms with Gasteiger partial charge in [-0.15, -0.1) is 0 Å². The molecule has 6 nitrogen and oxygen atoms in total. The molecule has 0 aliphatic heterocycles. The van der Waals surface area contributed by atoms with Crippen molar-refractivity contribution in [2.75, 3.05) is 0 Å². The van der Waals surface area contributed by atoms with Gasteiger partial charge in [0, 0.05) is 56.6 Å². The number of hydrogen-bond acceptors (Lipinski definition) is 4. The molecule has 0 aliphatic rings. The van der Waals surface area contributed by atoms with Gasteiger partial charge in [0.05, 0.1) is 46.0 Å². The smallest absolute Gasteiger partial charge is 0.147 e. The van der Waals surface area contributed by atoms with Gasteiger partial charge >= 0.3 is 0 Å². The van der Waals surface area contributed by atoms with E-state index in [0.29, 0.717) is 22.6 Å². The molecule has 0 bridgehead atoms. The normalized spacial score (nSPS) is 12.2. The number of aromatic nitrogens is 2. The fraction of sp³-hybridized carbons (Fsp3) is 0.0857. The van der Waals surface area contributed by atoms with Gasteiger partial charge in [-0.05, 0) is 115 Å². The molecule has 2 aromatic heterocycles.